The van der Waals surface area contributed by atoms with E-state index in [0.717, 1.165) is 10.2 Å². The highest BCUT2D eigenvalue weighted by Gasteiger charge is 2.15. The van der Waals surface area contributed by atoms with Crippen LogP contribution in [0.5, 0.6) is 11.5 Å². The lowest BCUT2D eigenvalue weighted by atomic mass is 10.1. The van der Waals surface area contributed by atoms with E-state index in [4.69, 9.17) is 9.47 Å². The molecular formula is C22H18N4O5S. The zero-order chi connectivity index (χ0) is 22.1. The van der Waals surface area contributed by atoms with Gasteiger partial charge in [0.25, 0.3) is 11.1 Å². The molecule has 3 heterocycles. The van der Waals surface area contributed by atoms with Crippen molar-refractivity contribution in [3.8, 4) is 22.8 Å². The fourth-order valence-electron chi connectivity index (χ4n) is 3.47. The van der Waals surface area contributed by atoms with Crippen molar-refractivity contribution in [1.82, 2.24) is 14.8 Å². The van der Waals surface area contributed by atoms with Crippen LogP contribution in [0.25, 0.3) is 22.0 Å². The first-order chi connectivity index (χ1) is 15.6. The van der Waals surface area contributed by atoms with Gasteiger partial charge in [-0.25, -0.2) is 9.67 Å². The summed E-state index contributed by atoms with van der Waals surface area (Å²) in [6.07, 6.45) is 0.00707. The van der Waals surface area contributed by atoms with Crippen molar-refractivity contribution in [2.24, 2.45) is 0 Å². The summed E-state index contributed by atoms with van der Waals surface area (Å²) in [5.74, 6) is 1.06. The number of ether oxygens (including phenoxy) is 2. The fraction of sp³-hybridized carbons (Fsp3) is 0.182. The normalized spacial score (nSPS) is 12.6. The number of rotatable bonds is 5. The zero-order valence-electron chi connectivity index (χ0n) is 16.8. The Morgan fingerprint density at radius 3 is 2.72 bits per heavy atom. The number of hydrogen-bond acceptors (Lipinski definition) is 7. The van der Waals surface area contributed by atoms with Crippen molar-refractivity contribution in [2.75, 3.05) is 18.5 Å². The molecule has 2 aromatic carbocycles. The van der Waals surface area contributed by atoms with Crippen molar-refractivity contribution < 1.29 is 14.3 Å². The molecule has 162 valence electrons. The minimum absolute atomic E-state index is 0.00707. The maximum atomic E-state index is 12.5. The number of nitrogens with one attached hydrogen (secondary N) is 2. The van der Waals surface area contributed by atoms with E-state index < -0.39 is 0 Å². The van der Waals surface area contributed by atoms with Gasteiger partial charge >= 0.3 is 0 Å². The highest BCUT2D eigenvalue weighted by atomic mass is 32.1. The predicted octanol–water partition coefficient (Wildman–Crippen LogP) is 2.61. The van der Waals surface area contributed by atoms with E-state index in [0.29, 0.717) is 46.3 Å². The van der Waals surface area contributed by atoms with E-state index in [9.17, 15) is 14.4 Å². The molecular weight excluding hydrogens is 432 g/mol. The predicted molar refractivity (Wildman–Crippen MR) is 121 cm³/mol. The minimum Gasteiger partial charge on any atom is -0.486 e. The first-order valence-corrected chi connectivity index (χ1v) is 10.8. The topological polar surface area (TPSA) is 115 Å². The number of anilines is 1. The lowest BCUT2D eigenvalue weighted by Gasteiger charge is -2.18. The number of nitrogens with zero attached hydrogens (tertiary/aromatic N) is 2. The maximum absolute atomic E-state index is 12.5. The van der Waals surface area contributed by atoms with Crippen molar-refractivity contribution in [3.05, 3.63) is 68.6 Å². The molecule has 5 rings (SSSR count). The molecule has 0 saturated heterocycles. The molecule has 9 nitrogen and oxygen atoms in total. The molecule has 2 aromatic heterocycles. The smallest absolute Gasteiger partial charge is 0.273 e. The van der Waals surface area contributed by atoms with Gasteiger partial charge in [0, 0.05) is 17.4 Å². The summed E-state index contributed by atoms with van der Waals surface area (Å²) >= 11 is 1.30. The lowest BCUT2D eigenvalue weighted by Crippen LogP contribution is -2.31. The molecule has 0 spiro atoms. The lowest BCUT2D eigenvalue weighted by molar-refractivity contribution is -0.116. The third-order valence-electron chi connectivity index (χ3n) is 5.03. The summed E-state index contributed by atoms with van der Waals surface area (Å²) < 4.78 is 12.3. The van der Waals surface area contributed by atoms with Gasteiger partial charge in [0.1, 0.15) is 13.2 Å². The number of carbonyl (C=O) groups is 1. The van der Waals surface area contributed by atoms with Gasteiger partial charge < -0.3 is 14.8 Å². The van der Waals surface area contributed by atoms with E-state index in [2.05, 4.69) is 15.4 Å². The molecule has 10 heteroatoms. The summed E-state index contributed by atoms with van der Waals surface area (Å²) in [4.78, 5) is 41.6. The molecule has 0 unspecified atom stereocenters. The van der Waals surface area contributed by atoms with Gasteiger partial charge in [-0.1, -0.05) is 12.1 Å². The van der Waals surface area contributed by atoms with Crippen LogP contribution in [0.15, 0.2) is 57.4 Å². The Labute approximate surface area is 185 Å². The third kappa shape index (κ3) is 3.87. The average molecular weight is 450 g/mol. The van der Waals surface area contributed by atoms with Gasteiger partial charge in [-0.05, 0) is 30.3 Å². The van der Waals surface area contributed by atoms with Gasteiger partial charge in [0.15, 0.2) is 16.6 Å². The second-order valence-corrected chi connectivity index (χ2v) is 8.00. The van der Waals surface area contributed by atoms with E-state index in [1.54, 1.807) is 24.3 Å². The van der Waals surface area contributed by atoms with Crippen LogP contribution in [0.3, 0.4) is 0 Å². The summed E-state index contributed by atoms with van der Waals surface area (Å²) in [7, 11) is 0. The third-order valence-corrected chi connectivity index (χ3v) is 5.79. The van der Waals surface area contributed by atoms with Gasteiger partial charge in [-0.15, -0.1) is 11.3 Å². The Bertz CT molecular complexity index is 1440. The SMILES string of the molecule is O=C(CCn1[nH]c(=O)c2ccccc2c1=O)Nc1nc(-c2ccc3c(c2)OCCO3)cs1. The van der Waals surface area contributed by atoms with Crippen LogP contribution < -0.4 is 25.9 Å². The molecule has 0 fully saturated rings. The number of amides is 1. The molecule has 0 radical (unpaired) electrons. The summed E-state index contributed by atoms with van der Waals surface area (Å²) in [6.45, 7) is 1.07. The summed E-state index contributed by atoms with van der Waals surface area (Å²) in [6, 6.07) is 12.2. The van der Waals surface area contributed by atoms with Gasteiger partial charge in [0.05, 0.1) is 23.0 Å². The average Bonchev–Trinajstić information content (AvgIpc) is 3.28. The monoisotopic (exact) mass is 450 g/mol. The van der Waals surface area contributed by atoms with E-state index in [1.807, 2.05) is 23.6 Å². The number of H-pyrrole nitrogens is 1. The van der Waals surface area contributed by atoms with Gasteiger partial charge in [-0.2, -0.15) is 0 Å². The second-order valence-electron chi connectivity index (χ2n) is 7.14. The molecule has 4 aromatic rings. The quantitative estimate of drug-likeness (QED) is 0.483. The highest BCUT2D eigenvalue weighted by Crippen LogP contribution is 2.35. The Morgan fingerprint density at radius 2 is 1.88 bits per heavy atom. The van der Waals surface area contributed by atoms with Crippen LogP contribution in [0, 0.1) is 0 Å². The number of aromatic nitrogens is 3. The van der Waals surface area contributed by atoms with Crippen molar-refractivity contribution in [1.29, 1.82) is 0 Å². The van der Waals surface area contributed by atoms with Crippen LogP contribution in [-0.4, -0.2) is 33.9 Å². The molecule has 0 bridgehead atoms. The van der Waals surface area contributed by atoms with E-state index in [-0.39, 0.29) is 30.0 Å². The first-order valence-electron chi connectivity index (χ1n) is 9.96. The maximum Gasteiger partial charge on any atom is 0.273 e. The number of aryl methyl sites for hydroxylation is 1. The van der Waals surface area contributed by atoms with Crippen molar-refractivity contribution in [2.45, 2.75) is 13.0 Å². The minimum atomic E-state index is -0.371. The molecule has 0 atom stereocenters. The van der Waals surface area contributed by atoms with Crippen LogP contribution in [0.1, 0.15) is 6.42 Å². The number of carbonyl (C=O) groups excluding carboxylic acids is 1. The molecule has 1 aliphatic heterocycles. The first kappa shape index (κ1) is 20.0. The van der Waals surface area contributed by atoms with Crippen molar-refractivity contribution >= 4 is 33.1 Å². The molecule has 0 saturated carbocycles. The number of benzene rings is 2. The van der Waals surface area contributed by atoms with E-state index in [1.165, 1.54) is 11.3 Å². The number of fused-ring (bicyclic) bond motifs is 2. The number of thiazole rings is 1. The number of hydrogen-bond donors (Lipinski definition) is 2. The molecule has 1 amide bonds. The van der Waals surface area contributed by atoms with Crippen molar-refractivity contribution in [3.63, 3.8) is 0 Å². The van der Waals surface area contributed by atoms with Crippen LogP contribution in [0.4, 0.5) is 5.13 Å². The largest absolute Gasteiger partial charge is 0.486 e. The molecule has 32 heavy (non-hydrogen) atoms. The molecule has 2 N–H and O–H groups in total. The molecule has 0 aliphatic carbocycles. The van der Waals surface area contributed by atoms with Crippen LogP contribution in [-0.2, 0) is 11.3 Å². The summed E-state index contributed by atoms with van der Waals surface area (Å²) in [5.41, 5.74) is 0.844. The highest BCUT2D eigenvalue weighted by molar-refractivity contribution is 7.14. The zero-order valence-corrected chi connectivity index (χ0v) is 17.6. The Hall–Kier alpha value is -3.92. The number of aromatic amines is 1. The standard InChI is InChI=1S/C22H18N4O5S/c27-19(7-8-26-21(29)15-4-2-1-3-14(15)20(28)25-26)24-22-23-16(12-32-22)13-5-6-17-18(11-13)31-10-9-30-17/h1-6,11-12H,7-10H2,(H,25,28)(H,23,24,27). The molecule has 1 aliphatic rings. The second kappa shape index (κ2) is 8.31. The van der Waals surface area contributed by atoms with Crippen LogP contribution in [0.2, 0.25) is 0 Å². The van der Waals surface area contributed by atoms with E-state index >= 15 is 0 Å². The van der Waals surface area contributed by atoms with Gasteiger partial charge in [0.2, 0.25) is 5.91 Å². The fourth-order valence-corrected chi connectivity index (χ4v) is 4.20. The Balaban J connectivity index is 1.26. The Morgan fingerprint density at radius 1 is 1.09 bits per heavy atom. The van der Waals surface area contributed by atoms with Crippen LogP contribution >= 0.6 is 11.3 Å². The van der Waals surface area contributed by atoms with Gasteiger partial charge in [-0.3, -0.25) is 19.5 Å². The Kier molecular flexibility index (Phi) is 5.20. The summed E-state index contributed by atoms with van der Waals surface area (Å²) in [5, 5.41) is 8.19.